The monoisotopic (exact) mass is 450 g/mol. The second-order valence-electron chi connectivity index (χ2n) is 7.62. The first-order valence-electron chi connectivity index (χ1n) is 10.3. The first-order chi connectivity index (χ1) is 15.6. The van der Waals surface area contributed by atoms with Crippen LogP contribution in [0, 0.1) is 0 Å². The molecule has 0 unspecified atom stereocenters. The van der Waals surface area contributed by atoms with E-state index in [1.807, 2.05) is 59.6 Å². The maximum atomic E-state index is 6.45. The van der Waals surface area contributed by atoms with E-state index in [0.717, 1.165) is 34.6 Å². The topological polar surface area (TPSA) is 52.5 Å². The molecule has 0 bridgehead atoms. The Balaban J connectivity index is 1.61. The average molecular weight is 451 g/mol. The first kappa shape index (κ1) is 20.5. The molecule has 0 saturated carbocycles. The molecule has 32 heavy (non-hydrogen) atoms. The van der Waals surface area contributed by atoms with Gasteiger partial charge in [0.25, 0.3) is 0 Å². The van der Waals surface area contributed by atoms with Crippen molar-refractivity contribution in [3.8, 4) is 23.0 Å². The molecule has 0 aromatic heterocycles. The van der Waals surface area contributed by atoms with Crippen LogP contribution >= 0.6 is 11.6 Å². The quantitative estimate of drug-likeness (QED) is 0.505. The molecular weight excluding hydrogens is 428 g/mol. The normalized spacial score (nSPS) is 18.9. The summed E-state index contributed by atoms with van der Waals surface area (Å²) in [4.78, 5) is 0. The van der Waals surface area contributed by atoms with Crippen LogP contribution in [0.15, 0.2) is 65.8 Å². The number of ether oxygens (including phenoxy) is 4. The third-order valence-electron chi connectivity index (χ3n) is 5.85. The van der Waals surface area contributed by atoms with Crippen molar-refractivity contribution in [3.63, 3.8) is 0 Å². The largest absolute Gasteiger partial charge is 0.493 e. The summed E-state index contributed by atoms with van der Waals surface area (Å²) in [5, 5.41) is 7.71. The number of hydrogen-bond acceptors (Lipinski definition) is 6. The van der Waals surface area contributed by atoms with Crippen LogP contribution in [0.2, 0.25) is 5.02 Å². The van der Waals surface area contributed by atoms with E-state index in [2.05, 4.69) is 6.07 Å². The van der Waals surface area contributed by atoms with Crippen LogP contribution in [0.25, 0.3) is 0 Å². The fourth-order valence-corrected chi connectivity index (χ4v) is 4.44. The van der Waals surface area contributed by atoms with Crippen molar-refractivity contribution in [2.75, 3.05) is 21.3 Å². The van der Waals surface area contributed by atoms with Gasteiger partial charge < -0.3 is 18.9 Å². The molecule has 5 rings (SSSR count). The zero-order valence-electron chi connectivity index (χ0n) is 18.0. The molecule has 0 aliphatic carbocycles. The Kier molecular flexibility index (Phi) is 5.31. The van der Waals surface area contributed by atoms with Gasteiger partial charge in [-0.2, -0.15) is 5.10 Å². The van der Waals surface area contributed by atoms with Gasteiger partial charge in [-0.25, -0.2) is 5.01 Å². The van der Waals surface area contributed by atoms with E-state index in [1.165, 1.54) is 0 Å². The predicted octanol–water partition coefficient (Wildman–Crippen LogP) is 5.61. The maximum Gasteiger partial charge on any atom is 0.214 e. The third-order valence-corrected chi connectivity index (χ3v) is 6.10. The van der Waals surface area contributed by atoms with Gasteiger partial charge in [0.05, 0.1) is 33.1 Å². The van der Waals surface area contributed by atoms with Crippen molar-refractivity contribution in [1.82, 2.24) is 5.01 Å². The van der Waals surface area contributed by atoms with Crippen LogP contribution in [0.5, 0.6) is 23.0 Å². The molecule has 164 valence electrons. The highest BCUT2D eigenvalue weighted by Gasteiger charge is 2.41. The fourth-order valence-electron chi connectivity index (χ4n) is 4.31. The van der Waals surface area contributed by atoms with Crippen LogP contribution in [-0.2, 0) is 0 Å². The molecule has 7 heteroatoms. The lowest BCUT2D eigenvalue weighted by atomic mass is 9.96. The van der Waals surface area contributed by atoms with Crippen molar-refractivity contribution in [2.45, 2.75) is 18.7 Å². The Bertz CT molecular complexity index is 1150. The fraction of sp³-hybridized carbons (Fsp3) is 0.240. The smallest absolute Gasteiger partial charge is 0.214 e. The van der Waals surface area contributed by atoms with Crippen LogP contribution in [0.1, 0.15) is 35.4 Å². The lowest BCUT2D eigenvalue weighted by molar-refractivity contribution is -0.0192. The zero-order valence-corrected chi connectivity index (χ0v) is 18.8. The lowest BCUT2D eigenvalue weighted by Crippen LogP contribution is -2.33. The summed E-state index contributed by atoms with van der Waals surface area (Å²) < 4.78 is 23.1. The Labute approximate surface area is 191 Å². The van der Waals surface area contributed by atoms with Crippen LogP contribution in [0.4, 0.5) is 0 Å². The molecule has 0 N–H and O–H groups in total. The van der Waals surface area contributed by atoms with Gasteiger partial charge in [0.15, 0.2) is 11.5 Å². The number of fused-ring (bicyclic) bond motifs is 3. The molecule has 0 fully saturated rings. The first-order valence-corrected chi connectivity index (χ1v) is 10.7. The summed E-state index contributed by atoms with van der Waals surface area (Å²) >= 11 is 6.09. The molecule has 2 atom stereocenters. The van der Waals surface area contributed by atoms with Crippen molar-refractivity contribution in [3.05, 3.63) is 82.4 Å². The molecule has 3 aromatic rings. The number of halogens is 1. The molecule has 2 heterocycles. The minimum absolute atomic E-state index is 0.0507. The van der Waals surface area contributed by atoms with E-state index >= 15 is 0 Å². The number of hydrazone groups is 1. The van der Waals surface area contributed by atoms with E-state index in [-0.39, 0.29) is 6.04 Å². The number of hydrogen-bond donors (Lipinski definition) is 0. The Morgan fingerprint density at radius 1 is 0.938 bits per heavy atom. The van der Waals surface area contributed by atoms with Crippen LogP contribution in [0.3, 0.4) is 0 Å². The highest BCUT2D eigenvalue weighted by Crippen LogP contribution is 2.49. The SMILES string of the molecule is COc1cc([C@H]2Oc3ccccc3[C@H]3CC(c4ccc(Cl)cc4)=NN32)cc(OC)c1OC. The number of nitrogens with zero attached hydrogens (tertiary/aromatic N) is 2. The van der Waals surface area contributed by atoms with Gasteiger partial charge in [0.2, 0.25) is 12.0 Å². The molecule has 2 aliphatic rings. The summed E-state index contributed by atoms with van der Waals surface area (Å²) in [7, 11) is 4.80. The number of benzene rings is 3. The van der Waals surface area contributed by atoms with Crippen molar-refractivity contribution >= 4 is 17.3 Å². The minimum atomic E-state index is -0.451. The highest BCUT2D eigenvalue weighted by molar-refractivity contribution is 6.30. The second kappa shape index (κ2) is 8.28. The van der Waals surface area contributed by atoms with Crippen LogP contribution < -0.4 is 18.9 Å². The number of methoxy groups -OCH3 is 3. The molecule has 0 spiro atoms. The summed E-state index contributed by atoms with van der Waals surface area (Å²) in [6, 6.07) is 19.7. The lowest BCUT2D eigenvalue weighted by Gasteiger charge is -2.38. The molecular formula is C25H23ClN2O4. The average Bonchev–Trinajstić information content (AvgIpc) is 3.28. The highest BCUT2D eigenvalue weighted by atomic mass is 35.5. The van der Waals surface area contributed by atoms with Gasteiger partial charge in [0, 0.05) is 22.6 Å². The summed E-state index contributed by atoms with van der Waals surface area (Å²) in [5.41, 5.74) is 4.01. The molecule has 3 aromatic carbocycles. The molecule has 0 saturated heterocycles. The number of rotatable bonds is 5. The third kappa shape index (κ3) is 3.41. The van der Waals surface area contributed by atoms with Crippen molar-refractivity contribution in [2.24, 2.45) is 5.10 Å². The standard InChI is InChI=1S/C25H23ClN2O4/c1-29-22-12-16(13-23(30-2)24(22)31-3)25-28-20(18-6-4-5-7-21(18)32-25)14-19(27-28)15-8-10-17(26)11-9-15/h4-13,20,25H,14H2,1-3H3/t20-,25-/m1/s1. The zero-order chi connectivity index (χ0) is 22.2. The minimum Gasteiger partial charge on any atom is -0.493 e. The Morgan fingerprint density at radius 2 is 1.62 bits per heavy atom. The predicted molar refractivity (Wildman–Crippen MR) is 123 cm³/mol. The van der Waals surface area contributed by atoms with Gasteiger partial charge >= 0.3 is 0 Å². The number of para-hydroxylation sites is 1. The molecule has 2 aliphatic heterocycles. The molecule has 0 radical (unpaired) electrons. The van der Waals surface area contributed by atoms with Gasteiger partial charge in [-0.3, -0.25) is 0 Å². The van der Waals surface area contributed by atoms with Crippen molar-refractivity contribution in [1.29, 1.82) is 0 Å². The van der Waals surface area contributed by atoms with E-state index in [4.69, 9.17) is 35.6 Å². The summed E-state index contributed by atoms with van der Waals surface area (Å²) in [6.07, 6.45) is 0.316. The van der Waals surface area contributed by atoms with Gasteiger partial charge in [-0.1, -0.05) is 41.9 Å². The van der Waals surface area contributed by atoms with E-state index in [0.29, 0.717) is 22.3 Å². The Morgan fingerprint density at radius 3 is 2.28 bits per heavy atom. The second-order valence-corrected chi connectivity index (χ2v) is 8.06. The van der Waals surface area contributed by atoms with Gasteiger partial charge in [0.1, 0.15) is 5.75 Å². The Hall–Kier alpha value is -3.38. The van der Waals surface area contributed by atoms with Crippen molar-refractivity contribution < 1.29 is 18.9 Å². The van der Waals surface area contributed by atoms with E-state index in [9.17, 15) is 0 Å². The van der Waals surface area contributed by atoms with E-state index < -0.39 is 6.23 Å². The van der Waals surface area contributed by atoms with E-state index in [1.54, 1.807) is 21.3 Å². The molecule has 6 nitrogen and oxygen atoms in total. The summed E-state index contributed by atoms with van der Waals surface area (Å²) in [5.74, 6) is 2.53. The van der Waals surface area contributed by atoms with Gasteiger partial charge in [-0.05, 0) is 35.9 Å². The van der Waals surface area contributed by atoms with Gasteiger partial charge in [-0.15, -0.1) is 0 Å². The molecule has 0 amide bonds. The maximum absolute atomic E-state index is 6.45. The summed E-state index contributed by atoms with van der Waals surface area (Å²) in [6.45, 7) is 0. The van der Waals surface area contributed by atoms with Crippen LogP contribution in [-0.4, -0.2) is 32.0 Å².